The zero-order valence-corrected chi connectivity index (χ0v) is 15.5. The Balaban J connectivity index is 1.54. The molecular weight excluding hydrogens is 326 g/mol. The third-order valence-electron chi connectivity index (χ3n) is 5.39. The molecule has 1 aliphatic carbocycles. The lowest BCUT2D eigenvalue weighted by Crippen LogP contribution is -2.45. The highest BCUT2D eigenvalue weighted by molar-refractivity contribution is 7.91. The lowest BCUT2D eigenvalue weighted by molar-refractivity contribution is 0.113. The van der Waals surface area contributed by atoms with E-state index in [1.165, 1.54) is 19.3 Å². The van der Waals surface area contributed by atoms with Crippen LogP contribution in [0.5, 0.6) is 0 Å². The fraction of sp³-hybridized carbons (Fsp3) is 0.941. The van der Waals surface area contributed by atoms with Gasteiger partial charge < -0.3 is 15.4 Å². The summed E-state index contributed by atoms with van der Waals surface area (Å²) in [6.07, 6.45) is 6.86. The van der Waals surface area contributed by atoms with Crippen molar-refractivity contribution in [3.8, 4) is 0 Å². The predicted molar refractivity (Wildman–Crippen MR) is 96.0 cm³/mol. The van der Waals surface area contributed by atoms with Crippen LogP contribution in [-0.4, -0.2) is 57.7 Å². The van der Waals surface area contributed by atoms with Crippen LogP contribution in [0.2, 0.25) is 0 Å². The quantitative estimate of drug-likeness (QED) is 0.573. The lowest BCUT2D eigenvalue weighted by atomic mass is 10.1. The first-order valence-electron chi connectivity index (χ1n) is 9.37. The van der Waals surface area contributed by atoms with Gasteiger partial charge in [-0.3, -0.25) is 4.99 Å². The molecule has 6 nitrogen and oxygen atoms in total. The molecule has 3 fully saturated rings. The number of rotatable bonds is 5. The van der Waals surface area contributed by atoms with Crippen LogP contribution >= 0.6 is 0 Å². The van der Waals surface area contributed by atoms with E-state index >= 15 is 0 Å². The smallest absolute Gasteiger partial charge is 0.191 e. The van der Waals surface area contributed by atoms with Crippen LogP contribution in [0.1, 0.15) is 45.4 Å². The van der Waals surface area contributed by atoms with Gasteiger partial charge in [-0.05, 0) is 50.4 Å². The van der Waals surface area contributed by atoms with Crippen molar-refractivity contribution in [1.82, 2.24) is 10.6 Å². The predicted octanol–water partition coefficient (Wildman–Crippen LogP) is 1.32. The van der Waals surface area contributed by atoms with Gasteiger partial charge in [0, 0.05) is 25.7 Å². The second-order valence-corrected chi connectivity index (χ2v) is 9.96. The molecule has 4 unspecified atom stereocenters. The van der Waals surface area contributed by atoms with Gasteiger partial charge in [-0.2, -0.15) is 0 Å². The molecule has 0 amide bonds. The van der Waals surface area contributed by atoms with Crippen molar-refractivity contribution < 1.29 is 13.2 Å². The third-order valence-corrected chi connectivity index (χ3v) is 7.23. The van der Waals surface area contributed by atoms with E-state index < -0.39 is 9.84 Å². The van der Waals surface area contributed by atoms with E-state index in [1.54, 1.807) is 0 Å². The average molecular weight is 358 g/mol. The van der Waals surface area contributed by atoms with E-state index in [9.17, 15) is 8.42 Å². The zero-order chi connectivity index (χ0) is 17.0. The molecule has 0 aromatic rings. The van der Waals surface area contributed by atoms with Gasteiger partial charge in [-0.1, -0.05) is 6.92 Å². The number of ether oxygens (including phenoxy) is 1. The van der Waals surface area contributed by atoms with Crippen molar-refractivity contribution in [3.05, 3.63) is 0 Å². The minimum atomic E-state index is -2.83. The summed E-state index contributed by atoms with van der Waals surface area (Å²) in [7, 11) is -2.83. The first kappa shape index (κ1) is 18.0. The molecule has 2 heterocycles. The summed E-state index contributed by atoms with van der Waals surface area (Å²) in [5.41, 5.74) is 0. The van der Waals surface area contributed by atoms with Gasteiger partial charge >= 0.3 is 0 Å². The Morgan fingerprint density at radius 3 is 2.75 bits per heavy atom. The van der Waals surface area contributed by atoms with Gasteiger partial charge in [0.25, 0.3) is 0 Å². The Morgan fingerprint density at radius 1 is 1.25 bits per heavy atom. The van der Waals surface area contributed by atoms with Crippen LogP contribution in [0.25, 0.3) is 0 Å². The summed E-state index contributed by atoms with van der Waals surface area (Å²) in [5, 5.41) is 6.96. The fourth-order valence-corrected chi connectivity index (χ4v) is 5.79. The van der Waals surface area contributed by atoms with Crippen molar-refractivity contribution in [3.63, 3.8) is 0 Å². The standard InChI is InChI=1S/C17H31N3O3S/c1-13-4-5-15(9-13)20-17(19-11-16-3-2-7-23-16)18-10-14-6-8-24(21,22)12-14/h13-16H,2-12H2,1H3,(H2,18,19,20). The molecule has 3 rings (SSSR count). The molecule has 24 heavy (non-hydrogen) atoms. The monoisotopic (exact) mass is 357 g/mol. The van der Waals surface area contributed by atoms with E-state index in [1.807, 2.05) is 0 Å². The van der Waals surface area contributed by atoms with Crippen molar-refractivity contribution in [2.75, 3.05) is 31.2 Å². The molecule has 0 radical (unpaired) electrons. The topological polar surface area (TPSA) is 79.8 Å². The number of hydrogen-bond acceptors (Lipinski definition) is 4. The maximum atomic E-state index is 11.6. The van der Waals surface area contributed by atoms with Gasteiger partial charge in [0.2, 0.25) is 0 Å². The van der Waals surface area contributed by atoms with Crippen LogP contribution in [0.4, 0.5) is 0 Å². The van der Waals surface area contributed by atoms with Crippen molar-refractivity contribution in [1.29, 1.82) is 0 Å². The summed E-state index contributed by atoms with van der Waals surface area (Å²) in [5.74, 6) is 2.37. The number of aliphatic imine (C=N–C) groups is 1. The van der Waals surface area contributed by atoms with Gasteiger partial charge in [0.15, 0.2) is 15.8 Å². The second kappa shape index (κ2) is 8.04. The van der Waals surface area contributed by atoms with Gasteiger partial charge in [-0.15, -0.1) is 0 Å². The van der Waals surface area contributed by atoms with Gasteiger partial charge in [-0.25, -0.2) is 8.42 Å². The number of nitrogens with zero attached hydrogens (tertiary/aromatic N) is 1. The zero-order valence-electron chi connectivity index (χ0n) is 14.7. The number of hydrogen-bond donors (Lipinski definition) is 2. The highest BCUT2D eigenvalue weighted by Crippen LogP contribution is 2.24. The molecule has 1 saturated carbocycles. The first-order chi connectivity index (χ1) is 11.5. The van der Waals surface area contributed by atoms with Crippen LogP contribution in [-0.2, 0) is 14.6 Å². The molecule has 0 spiro atoms. The van der Waals surface area contributed by atoms with E-state index in [0.717, 1.165) is 44.3 Å². The van der Waals surface area contributed by atoms with E-state index in [0.29, 0.717) is 18.3 Å². The fourth-order valence-electron chi connectivity index (χ4n) is 3.94. The Morgan fingerprint density at radius 2 is 2.12 bits per heavy atom. The van der Waals surface area contributed by atoms with E-state index in [-0.39, 0.29) is 17.8 Å². The lowest BCUT2D eigenvalue weighted by Gasteiger charge is -2.20. The largest absolute Gasteiger partial charge is 0.376 e. The highest BCUT2D eigenvalue weighted by Gasteiger charge is 2.28. The summed E-state index contributed by atoms with van der Waals surface area (Å²) in [4.78, 5) is 4.70. The second-order valence-electron chi connectivity index (χ2n) is 7.73. The van der Waals surface area contributed by atoms with Crippen LogP contribution in [0, 0.1) is 11.8 Å². The van der Waals surface area contributed by atoms with E-state index in [2.05, 4.69) is 17.6 Å². The number of guanidine groups is 1. The Hall–Kier alpha value is -0.820. The minimum absolute atomic E-state index is 0.166. The maximum Gasteiger partial charge on any atom is 0.191 e. The van der Waals surface area contributed by atoms with Crippen LogP contribution in [0.15, 0.2) is 4.99 Å². The maximum absolute atomic E-state index is 11.6. The molecule has 2 N–H and O–H groups in total. The molecule has 2 saturated heterocycles. The summed E-state index contributed by atoms with van der Waals surface area (Å²) < 4.78 is 28.9. The first-order valence-corrected chi connectivity index (χ1v) is 11.2. The normalized spacial score (nSPS) is 36.1. The Bertz CT molecular complexity index is 543. The van der Waals surface area contributed by atoms with Crippen molar-refractivity contribution >= 4 is 15.8 Å². The Kier molecular flexibility index (Phi) is 6.02. The minimum Gasteiger partial charge on any atom is -0.376 e. The van der Waals surface area contributed by atoms with Gasteiger partial charge in [0.05, 0.1) is 17.6 Å². The Labute approximate surface area is 145 Å². The van der Waals surface area contributed by atoms with Crippen LogP contribution < -0.4 is 10.6 Å². The molecule has 0 aromatic carbocycles. The molecule has 0 bridgehead atoms. The highest BCUT2D eigenvalue weighted by atomic mass is 32.2. The number of sulfone groups is 1. The summed E-state index contributed by atoms with van der Waals surface area (Å²) in [6.45, 7) is 4.51. The van der Waals surface area contributed by atoms with Crippen molar-refractivity contribution in [2.45, 2.75) is 57.6 Å². The molecule has 2 aliphatic heterocycles. The van der Waals surface area contributed by atoms with Crippen LogP contribution in [0.3, 0.4) is 0 Å². The molecule has 4 atom stereocenters. The summed E-state index contributed by atoms with van der Waals surface area (Å²) in [6, 6.07) is 0.475. The molecule has 0 aromatic heterocycles. The van der Waals surface area contributed by atoms with Crippen molar-refractivity contribution in [2.24, 2.45) is 16.8 Å². The molecule has 138 valence electrons. The van der Waals surface area contributed by atoms with E-state index in [4.69, 9.17) is 9.73 Å². The SMILES string of the molecule is CC1CCC(NC(=NCC2CCS(=O)(=O)C2)NCC2CCCO2)C1. The number of nitrogens with one attached hydrogen (secondary N) is 2. The molecule has 7 heteroatoms. The third kappa shape index (κ3) is 5.34. The average Bonchev–Trinajstić information content (AvgIpc) is 3.24. The molecular formula is C17H31N3O3S. The summed E-state index contributed by atoms with van der Waals surface area (Å²) >= 11 is 0. The van der Waals surface area contributed by atoms with Gasteiger partial charge in [0.1, 0.15) is 0 Å². The molecule has 3 aliphatic rings.